The van der Waals surface area contributed by atoms with Gasteiger partial charge >= 0.3 is 0 Å². The van der Waals surface area contributed by atoms with Crippen LogP contribution in [0.25, 0.3) is 0 Å². The van der Waals surface area contributed by atoms with E-state index in [4.69, 9.17) is 0 Å². The van der Waals surface area contributed by atoms with Gasteiger partial charge in [0.05, 0.1) is 16.6 Å². The molecule has 0 spiro atoms. The lowest BCUT2D eigenvalue weighted by molar-refractivity contribution is -0.384. The van der Waals surface area contributed by atoms with E-state index in [-0.39, 0.29) is 23.5 Å². The molecule has 0 aliphatic rings. The van der Waals surface area contributed by atoms with E-state index >= 15 is 0 Å². The minimum atomic E-state index is -0.911. The third-order valence-electron chi connectivity index (χ3n) is 3.08. The quantitative estimate of drug-likeness (QED) is 0.575. The van der Waals surface area contributed by atoms with Crippen molar-refractivity contribution in [3.63, 3.8) is 0 Å². The van der Waals surface area contributed by atoms with Crippen molar-refractivity contribution >= 4 is 11.6 Å². The van der Waals surface area contributed by atoms with Crippen LogP contribution in [0.2, 0.25) is 0 Å². The number of aliphatic hydroxyl groups excluding tert-OH is 1. The first-order valence-electron chi connectivity index (χ1n) is 6.47. The van der Waals surface area contributed by atoms with Crippen LogP contribution >= 0.6 is 0 Å². The number of rotatable bonds is 5. The molecule has 0 radical (unpaired) electrons. The predicted octanol–water partition coefficient (Wildman–Crippen LogP) is 1.76. The Balaban J connectivity index is 2.06. The van der Waals surface area contributed by atoms with Gasteiger partial charge in [-0.15, -0.1) is 0 Å². The number of phenols is 1. The average molecular weight is 302 g/mol. The topological polar surface area (TPSA) is 113 Å². The van der Waals surface area contributed by atoms with Crippen molar-refractivity contribution in [1.29, 1.82) is 0 Å². The normalized spacial score (nSPS) is 11.7. The van der Waals surface area contributed by atoms with Gasteiger partial charge in [0.2, 0.25) is 0 Å². The maximum absolute atomic E-state index is 12.0. The van der Waals surface area contributed by atoms with E-state index in [0.29, 0.717) is 5.56 Å². The summed E-state index contributed by atoms with van der Waals surface area (Å²) < 4.78 is 0. The van der Waals surface area contributed by atoms with Crippen LogP contribution in [0.15, 0.2) is 48.5 Å². The molecule has 0 aliphatic heterocycles. The first-order valence-corrected chi connectivity index (χ1v) is 6.47. The highest BCUT2D eigenvalue weighted by Gasteiger charge is 2.17. The van der Waals surface area contributed by atoms with Crippen molar-refractivity contribution in [2.45, 2.75) is 6.10 Å². The molecule has 114 valence electrons. The van der Waals surface area contributed by atoms with Gasteiger partial charge in [0.25, 0.3) is 11.6 Å². The number of hydrogen-bond acceptors (Lipinski definition) is 5. The van der Waals surface area contributed by atoms with Crippen LogP contribution in [0.4, 0.5) is 5.69 Å². The average Bonchev–Trinajstić information content (AvgIpc) is 2.53. The number of amides is 1. The van der Waals surface area contributed by atoms with Gasteiger partial charge in [0.15, 0.2) is 0 Å². The Kier molecular flexibility index (Phi) is 4.70. The molecule has 0 fully saturated rings. The maximum Gasteiger partial charge on any atom is 0.270 e. The predicted molar refractivity (Wildman–Crippen MR) is 78.5 cm³/mol. The van der Waals surface area contributed by atoms with Crippen molar-refractivity contribution in [3.8, 4) is 5.75 Å². The largest absolute Gasteiger partial charge is 0.507 e. The van der Waals surface area contributed by atoms with Crippen LogP contribution in [0, 0.1) is 10.1 Å². The van der Waals surface area contributed by atoms with Crippen LogP contribution in [0.1, 0.15) is 22.0 Å². The Hall–Kier alpha value is -2.93. The number of aliphatic hydroxyl groups is 1. The van der Waals surface area contributed by atoms with Crippen LogP contribution in [0.3, 0.4) is 0 Å². The highest BCUT2D eigenvalue weighted by Crippen LogP contribution is 2.23. The summed E-state index contributed by atoms with van der Waals surface area (Å²) in [5.74, 6) is -1.06. The van der Waals surface area contributed by atoms with Crippen molar-refractivity contribution in [1.82, 2.24) is 5.32 Å². The second kappa shape index (κ2) is 6.68. The van der Waals surface area contributed by atoms with E-state index in [2.05, 4.69) is 5.32 Å². The van der Waals surface area contributed by atoms with E-state index in [9.17, 15) is 25.1 Å². The summed E-state index contributed by atoms with van der Waals surface area (Å²) in [4.78, 5) is 22.0. The lowest BCUT2D eigenvalue weighted by Crippen LogP contribution is -2.28. The number of carbonyl (C=O) groups is 1. The molecule has 1 unspecified atom stereocenters. The van der Waals surface area contributed by atoms with E-state index in [1.807, 2.05) is 0 Å². The molecule has 22 heavy (non-hydrogen) atoms. The Bertz CT molecular complexity index is 688. The van der Waals surface area contributed by atoms with Crippen molar-refractivity contribution < 1.29 is 19.9 Å². The number of nitro benzene ring substituents is 1. The Morgan fingerprint density at radius 2 is 1.91 bits per heavy atom. The minimum absolute atomic E-state index is 0.0784. The van der Waals surface area contributed by atoms with E-state index in [1.54, 1.807) is 30.3 Å². The Morgan fingerprint density at radius 1 is 1.23 bits per heavy atom. The van der Waals surface area contributed by atoms with Crippen LogP contribution in [-0.2, 0) is 0 Å². The molecule has 7 nitrogen and oxygen atoms in total. The molecule has 0 saturated heterocycles. The summed E-state index contributed by atoms with van der Waals surface area (Å²) in [6, 6.07) is 11.9. The highest BCUT2D eigenvalue weighted by atomic mass is 16.6. The van der Waals surface area contributed by atoms with Gasteiger partial charge < -0.3 is 15.5 Å². The van der Waals surface area contributed by atoms with E-state index < -0.39 is 16.9 Å². The number of nitrogens with one attached hydrogen (secondary N) is 1. The summed E-state index contributed by atoms with van der Waals surface area (Å²) in [5.41, 5.74) is 0.118. The number of nitro groups is 1. The number of benzene rings is 2. The summed E-state index contributed by atoms with van der Waals surface area (Å²) in [5, 5.41) is 32.7. The fraction of sp³-hybridized carbons (Fsp3) is 0.133. The van der Waals surface area contributed by atoms with Gasteiger partial charge in [-0.05, 0) is 11.6 Å². The lowest BCUT2D eigenvalue weighted by atomic mass is 10.1. The number of carbonyl (C=O) groups excluding carboxylic acids is 1. The molecule has 0 saturated carbocycles. The maximum atomic E-state index is 12.0. The molecule has 0 bridgehead atoms. The van der Waals surface area contributed by atoms with Gasteiger partial charge in [-0.25, -0.2) is 0 Å². The molecule has 7 heteroatoms. The van der Waals surface area contributed by atoms with Crippen LogP contribution in [-0.4, -0.2) is 27.6 Å². The molecular formula is C15H14N2O5. The SMILES string of the molecule is O=C(NCC(O)c1ccccc1)c1cc([N+](=O)[O-])ccc1O. The van der Waals surface area contributed by atoms with Crippen LogP contribution in [0.5, 0.6) is 5.75 Å². The van der Waals surface area contributed by atoms with Gasteiger partial charge in [-0.2, -0.15) is 0 Å². The fourth-order valence-electron chi connectivity index (χ4n) is 1.90. The third-order valence-corrected chi connectivity index (χ3v) is 3.08. The molecule has 1 amide bonds. The van der Waals surface area contributed by atoms with Crippen molar-refractivity contribution in [3.05, 3.63) is 69.8 Å². The summed E-state index contributed by atoms with van der Waals surface area (Å²) in [6.45, 7) is -0.0784. The zero-order valence-corrected chi connectivity index (χ0v) is 11.5. The number of hydrogen-bond donors (Lipinski definition) is 3. The fourth-order valence-corrected chi connectivity index (χ4v) is 1.90. The molecule has 2 rings (SSSR count). The number of phenolic OH excluding ortho intramolecular Hbond substituents is 1. The summed E-state index contributed by atoms with van der Waals surface area (Å²) in [7, 11) is 0. The first kappa shape index (κ1) is 15.5. The highest BCUT2D eigenvalue weighted by molar-refractivity contribution is 5.97. The van der Waals surface area contributed by atoms with Crippen molar-refractivity contribution in [2.75, 3.05) is 6.54 Å². The molecular weight excluding hydrogens is 288 g/mol. The Labute approximate surface area is 126 Å². The third kappa shape index (κ3) is 3.58. The van der Waals surface area contributed by atoms with E-state index in [0.717, 1.165) is 18.2 Å². The zero-order valence-electron chi connectivity index (χ0n) is 11.5. The Morgan fingerprint density at radius 3 is 2.55 bits per heavy atom. The standard InChI is InChI=1S/C15H14N2O5/c18-13-7-6-11(17(21)22)8-12(13)15(20)16-9-14(19)10-4-2-1-3-5-10/h1-8,14,18-19H,9H2,(H,16,20). The minimum Gasteiger partial charge on any atom is -0.507 e. The molecule has 1 atom stereocenters. The van der Waals surface area contributed by atoms with Crippen LogP contribution < -0.4 is 5.32 Å². The lowest BCUT2D eigenvalue weighted by Gasteiger charge is -2.12. The molecule has 0 aromatic heterocycles. The number of non-ortho nitro benzene ring substituents is 1. The van der Waals surface area contributed by atoms with Gasteiger partial charge in [-0.1, -0.05) is 30.3 Å². The summed E-state index contributed by atoms with van der Waals surface area (Å²) in [6.07, 6.45) is -0.911. The summed E-state index contributed by atoms with van der Waals surface area (Å²) >= 11 is 0. The van der Waals surface area contributed by atoms with Gasteiger partial charge in [-0.3, -0.25) is 14.9 Å². The molecule has 2 aromatic carbocycles. The van der Waals surface area contributed by atoms with Gasteiger partial charge in [0, 0.05) is 18.7 Å². The number of aromatic hydroxyl groups is 1. The molecule has 0 aliphatic carbocycles. The zero-order chi connectivity index (χ0) is 16.1. The second-order valence-electron chi connectivity index (χ2n) is 4.60. The molecule has 0 heterocycles. The first-order chi connectivity index (χ1) is 10.5. The smallest absolute Gasteiger partial charge is 0.270 e. The van der Waals surface area contributed by atoms with Gasteiger partial charge in [0.1, 0.15) is 5.75 Å². The molecule has 2 aromatic rings. The van der Waals surface area contributed by atoms with Crippen molar-refractivity contribution in [2.24, 2.45) is 0 Å². The van der Waals surface area contributed by atoms with E-state index in [1.165, 1.54) is 0 Å². The number of nitrogens with zero attached hydrogens (tertiary/aromatic N) is 1. The second-order valence-corrected chi connectivity index (χ2v) is 4.60. The monoisotopic (exact) mass is 302 g/mol. The molecule has 3 N–H and O–H groups in total.